The number of rotatable bonds is 26. The summed E-state index contributed by atoms with van der Waals surface area (Å²) >= 11 is 0. The summed E-state index contributed by atoms with van der Waals surface area (Å²) in [5.41, 5.74) is 8.65. The van der Waals surface area contributed by atoms with Crippen LogP contribution in [0.25, 0.3) is 10.9 Å². The zero-order valence-electron chi connectivity index (χ0n) is 37.3. The number of aldehydes is 1. The highest BCUT2D eigenvalue weighted by atomic mass is 16.5. The molecule has 4 rings (SSSR count). The molecule has 3 aromatic rings. The van der Waals surface area contributed by atoms with Crippen LogP contribution < -0.4 is 32.3 Å². The lowest BCUT2D eigenvalue weighted by Gasteiger charge is -2.25. The Bertz CT molecular complexity index is 2150. The molecule has 0 saturated carbocycles. The van der Waals surface area contributed by atoms with E-state index in [-0.39, 0.29) is 82.6 Å². The number of nitrogens with zero attached hydrogens (tertiary/aromatic N) is 2. The third kappa shape index (κ3) is 15.8. The quantitative estimate of drug-likeness (QED) is 0.0346. The van der Waals surface area contributed by atoms with Gasteiger partial charge in [0.25, 0.3) is 0 Å². The normalized spacial score (nSPS) is 14.2. The maximum absolute atomic E-state index is 13.6. The molecule has 6 amide bonds. The van der Waals surface area contributed by atoms with Gasteiger partial charge in [-0.15, -0.1) is 0 Å². The molecule has 18 heteroatoms. The van der Waals surface area contributed by atoms with Crippen LogP contribution in [0.15, 0.2) is 53.5 Å². The number of para-hydroxylation sites is 1. The molecular weight excluding hydrogens is 825 g/mol. The van der Waals surface area contributed by atoms with Gasteiger partial charge in [0.2, 0.25) is 23.6 Å². The van der Waals surface area contributed by atoms with Gasteiger partial charge in [0.15, 0.2) is 0 Å². The van der Waals surface area contributed by atoms with E-state index in [4.69, 9.17) is 25.2 Å². The number of nitrogens with two attached hydrogens (primary N) is 1. The SMILES string of the molecule is CCOCC1=Nc2c(CC(=O)OCc3ccc(NC(=O)[C@H](CCCNC(N)=O)NC(=O)[C@@H](NC(=O)CCCC(=O)NCCC=O)C(C)C)cc3)nc3ccccc3c2C1CC(C)(C)O. The van der Waals surface area contributed by atoms with Gasteiger partial charge in [0, 0.05) is 56.0 Å². The maximum atomic E-state index is 13.6. The van der Waals surface area contributed by atoms with Gasteiger partial charge in [-0.3, -0.25) is 29.0 Å². The highest BCUT2D eigenvalue weighted by Crippen LogP contribution is 2.45. The first-order chi connectivity index (χ1) is 30.5. The number of fused-ring (bicyclic) bond motifs is 3. The van der Waals surface area contributed by atoms with E-state index in [1.165, 1.54) is 0 Å². The van der Waals surface area contributed by atoms with Crippen molar-refractivity contribution in [2.75, 3.05) is 31.6 Å². The van der Waals surface area contributed by atoms with Crippen LogP contribution in [0.1, 0.15) is 102 Å². The number of benzene rings is 2. The van der Waals surface area contributed by atoms with Gasteiger partial charge < -0.3 is 51.7 Å². The number of carbonyl (C=O) groups is 7. The first-order valence-corrected chi connectivity index (χ1v) is 21.7. The monoisotopic (exact) mass is 886 g/mol. The number of pyridine rings is 1. The summed E-state index contributed by atoms with van der Waals surface area (Å²) in [6.45, 7) is 9.97. The fourth-order valence-electron chi connectivity index (χ4n) is 7.19. The van der Waals surface area contributed by atoms with Crippen LogP contribution in [0.2, 0.25) is 0 Å². The average molecular weight is 887 g/mol. The molecular formula is C46H62N8O10. The number of primary amides is 1. The van der Waals surface area contributed by atoms with E-state index in [0.29, 0.717) is 53.9 Å². The lowest BCUT2D eigenvalue weighted by atomic mass is 9.84. The molecule has 1 unspecified atom stereocenters. The number of urea groups is 1. The van der Waals surface area contributed by atoms with Crippen LogP contribution in [-0.4, -0.2) is 102 Å². The molecule has 1 aliphatic rings. The molecule has 18 nitrogen and oxygen atoms in total. The molecule has 0 bridgehead atoms. The topological polar surface area (TPSA) is 270 Å². The van der Waals surface area contributed by atoms with Crippen molar-refractivity contribution in [3.63, 3.8) is 0 Å². The van der Waals surface area contributed by atoms with Crippen molar-refractivity contribution in [3.8, 4) is 0 Å². The molecule has 8 N–H and O–H groups in total. The Kier molecular flexibility index (Phi) is 19.3. The van der Waals surface area contributed by atoms with Crippen molar-refractivity contribution in [1.29, 1.82) is 0 Å². The van der Waals surface area contributed by atoms with Crippen LogP contribution in [0.5, 0.6) is 0 Å². The molecule has 0 spiro atoms. The van der Waals surface area contributed by atoms with Crippen molar-refractivity contribution >= 4 is 69.9 Å². The Hall–Kier alpha value is -6.27. The van der Waals surface area contributed by atoms with E-state index in [9.17, 15) is 38.7 Å². The second-order valence-corrected chi connectivity index (χ2v) is 16.6. The van der Waals surface area contributed by atoms with Crippen LogP contribution >= 0.6 is 0 Å². The average Bonchev–Trinajstić information content (AvgIpc) is 3.59. The zero-order chi connectivity index (χ0) is 46.8. The molecule has 1 aliphatic heterocycles. The molecule has 1 aromatic heterocycles. The Morgan fingerprint density at radius 3 is 2.30 bits per heavy atom. The summed E-state index contributed by atoms with van der Waals surface area (Å²) in [7, 11) is 0. The van der Waals surface area contributed by atoms with E-state index < -0.39 is 47.4 Å². The van der Waals surface area contributed by atoms with Gasteiger partial charge in [-0.25, -0.2) is 9.78 Å². The number of esters is 1. The standard InChI is InChI=1S/C46H62N8O10/c1-6-63-27-36-32(25-46(4,5)62)40-31-12-7-8-13-33(31)51-35(42(40)52-36)24-39(58)64-26-29-17-19-30(20-18-29)50-43(59)34(14-10-21-49-45(47)61)53-44(60)41(28(2)3)54-38(57)16-9-15-37(56)48-22-11-23-55/h7-8,12-13,17-20,23,28,32,34,41,62H,6,9-11,14-16,21-22,24-27H2,1-5H3,(H,48,56)(H,50,59)(H,53,60)(H,54,57)(H3,47,49,61)/t32?,34-,41-/m0/s1. The minimum atomic E-state index is -1.06. The number of anilines is 1. The summed E-state index contributed by atoms with van der Waals surface area (Å²) in [6.07, 6.45) is 1.84. The number of ether oxygens (including phenoxy) is 2. The largest absolute Gasteiger partial charge is 0.461 e. The number of amides is 6. The number of hydrogen-bond donors (Lipinski definition) is 7. The minimum absolute atomic E-state index is 0.0185. The van der Waals surface area contributed by atoms with Gasteiger partial charge in [-0.2, -0.15) is 0 Å². The molecule has 0 aliphatic carbocycles. The first-order valence-electron chi connectivity index (χ1n) is 21.7. The highest BCUT2D eigenvalue weighted by molar-refractivity contribution is 6.05. The van der Waals surface area contributed by atoms with Crippen LogP contribution in [0.3, 0.4) is 0 Å². The van der Waals surface area contributed by atoms with Gasteiger partial charge in [0.1, 0.15) is 25.0 Å². The lowest BCUT2D eigenvalue weighted by Crippen LogP contribution is -2.54. The molecule has 64 heavy (non-hydrogen) atoms. The Labute approximate surface area is 373 Å². The molecule has 346 valence electrons. The molecule has 2 heterocycles. The molecule has 0 radical (unpaired) electrons. The molecule has 3 atom stereocenters. The predicted octanol–water partition coefficient (Wildman–Crippen LogP) is 3.78. The number of aromatic nitrogens is 1. The van der Waals surface area contributed by atoms with Crippen molar-refractivity contribution in [2.24, 2.45) is 16.6 Å². The molecule has 0 fully saturated rings. The fourth-order valence-corrected chi connectivity index (χ4v) is 7.19. The van der Waals surface area contributed by atoms with Gasteiger partial charge >= 0.3 is 12.0 Å². The van der Waals surface area contributed by atoms with Gasteiger partial charge in [-0.1, -0.05) is 44.2 Å². The Morgan fingerprint density at radius 2 is 1.62 bits per heavy atom. The van der Waals surface area contributed by atoms with Gasteiger partial charge in [0.05, 0.1) is 41.2 Å². The van der Waals surface area contributed by atoms with E-state index in [1.807, 2.05) is 31.2 Å². The number of nitrogens with one attached hydrogen (secondary N) is 5. The number of aliphatic imine (C=N–C) groups is 1. The number of hydrogen-bond acceptors (Lipinski definition) is 12. The summed E-state index contributed by atoms with van der Waals surface area (Å²) in [5.74, 6) is -2.99. The number of carbonyl (C=O) groups excluding carboxylic acids is 7. The highest BCUT2D eigenvalue weighted by Gasteiger charge is 2.36. The maximum Gasteiger partial charge on any atom is 0.312 e. The zero-order valence-corrected chi connectivity index (χ0v) is 37.3. The Morgan fingerprint density at radius 1 is 0.906 bits per heavy atom. The van der Waals surface area contributed by atoms with E-state index in [1.54, 1.807) is 52.0 Å². The second kappa shape index (κ2) is 24.5. The van der Waals surface area contributed by atoms with Crippen LogP contribution in [0.4, 0.5) is 16.2 Å². The first kappa shape index (κ1) is 50.4. The third-order valence-electron chi connectivity index (χ3n) is 10.3. The predicted molar refractivity (Wildman–Crippen MR) is 241 cm³/mol. The second-order valence-electron chi connectivity index (χ2n) is 16.6. The van der Waals surface area contributed by atoms with Gasteiger partial charge in [-0.05, 0) is 81.7 Å². The van der Waals surface area contributed by atoms with E-state index >= 15 is 0 Å². The van der Waals surface area contributed by atoms with Crippen molar-refractivity contribution in [2.45, 2.75) is 116 Å². The summed E-state index contributed by atoms with van der Waals surface area (Å²) < 4.78 is 11.4. The minimum Gasteiger partial charge on any atom is -0.461 e. The Balaban J connectivity index is 1.39. The third-order valence-corrected chi connectivity index (χ3v) is 10.3. The molecule has 0 saturated heterocycles. The van der Waals surface area contributed by atoms with E-state index in [0.717, 1.165) is 16.7 Å². The lowest BCUT2D eigenvalue weighted by molar-refractivity contribution is -0.144. The van der Waals surface area contributed by atoms with E-state index in [2.05, 4.69) is 26.6 Å². The van der Waals surface area contributed by atoms with Crippen molar-refractivity contribution in [1.82, 2.24) is 26.3 Å². The smallest absolute Gasteiger partial charge is 0.312 e. The fraction of sp³-hybridized carbons (Fsp3) is 0.500. The van der Waals surface area contributed by atoms with Crippen LogP contribution in [-0.2, 0) is 51.3 Å². The number of aliphatic hydroxyl groups is 1. The molecule has 2 aromatic carbocycles. The van der Waals surface area contributed by atoms with Crippen molar-refractivity contribution in [3.05, 3.63) is 65.4 Å². The van der Waals surface area contributed by atoms with Crippen molar-refractivity contribution < 1.29 is 48.1 Å². The summed E-state index contributed by atoms with van der Waals surface area (Å²) in [6, 6.07) is 11.5. The summed E-state index contributed by atoms with van der Waals surface area (Å²) in [4.78, 5) is 96.6. The summed E-state index contributed by atoms with van der Waals surface area (Å²) in [5, 5.41) is 25.0. The van der Waals surface area contributed by atoms with Crippen LogP contribution in [0, 0.1) is 5.92 Å².